The molecule has 92 valence electrons. The van der Waals surface area contributed by atoms with E-state index in [0.717, 1.165) is 44.8 Å². The highest BCUT2D eigenvalue weighted by atomic mass is 16.5. The molecule has 2 aliphatic heterocycles. The summed E-state index contributed by atoms with van der Waals surface area (Å²) in [5.41, 5.74) is 1.34. The standard InChI is InChI=1S/C14H19NO2/c1-2-4-14-11(3-1)9-13(17-14)10-15-12-5-7-16-8-6-12/h1-4,12-13,15H,5-10H2. The van der Waals surface area contributed by atoms with Crippen molar-refractivity contribution in [3.8, 4) is 5.75 Å². The topological polar surface area (TPSA) is 30.5 Å². The predicted octanol–water partition coefficient (Wildman–Crippen LogP) is 1.76. The first kappa shape index (κ1) is 11.1. The van der Waals surface area contributed by atoms with Crippen molar-refractivity contribution in [3.05, 3.63) is 29.8 Å². The fourth-order valence-electron chi connectivity index (χ4n) is 2.57. The number of fused-ring (bicyclic) bond motifs is 1. The Kier molecular flexibility index (Phi) is 3.29. The molecule has 0 spiro atoms. The minimum atomic E-state index is 0.301. The van der Waals surface area contributed by atoms with E-state index in [2.05, 4.69) is 23.5 Å². The van der Waals surface area contributed by atoms with E-state index >= 15 is 0 Å². The summed E-state index contributed by atoms with van der Waals surface area (Å²) >= 11 is 0. The molecule has 0 aliphatic carbocycles. The van der Waals surface area contributed by atoms with Gasteiger partial charge in [-0.1, -0.05) is 18.2 Å². The molecule has 3 rings (SSSR count). The zero-order chi connectivity index (χ0) is 11.5. The SMILES string of the molecule is c1ccc2c(c1)CC(CNC1CCOCC1)O2. The molecule has 1 saturated heterocycles. The van der Waals surface area contributed by atoms with E-state index in [1.165, 1.54) is 5.56 Å². The summed E-state index contributed by atoms with van der Waals surface area (Å²) in [5, 5.41) is 3.59. The number of rotatable bonds is 3. The summed E-state index contributed by atoms with van der Waals surface area (Å²) in [4.78, 5) is 0. The van der Waals surface area contributed by atoms with Gasteiger partial charge in [0, 0.05) is 32.2 Å². The van der Waals surface area contributed by atoms with Gasteiger partial charge in [-0.05, 0) is 24.5 Å². The molecule has 1 fully saturated rings. The zero-order valence-corrected chi connectivity index (χ0v) is 10.0. The van der Waals surface area contributed by atoms with Crippen LogP contribution in [-0.2, 0) is 11.2 Å². The fourth-order valence-corrected chi connectivity index (χ4v) is 2.57. The van der Waals surface area contributed by atoms with Crippen molar-refractivity contribution in [2.24, 2.45) is 0 Å². The Labute approximate surface area is 102 Å². The van der Waals surface area contributed by atoms with Crippen LogP contribution < -0.4 is 10.1 Å². The van der Waals surface area contributed by atoms with Crippen LogP contribution in [0.4, 0.5) is 0 Å². The number of nitrogens with one attached hydrogen (secondary N) is 1. The molecule has 1 aromatic carbocycles. The van der Waals surface area contributed by atoms with Crippen LogP contribution in [0.3, 0.4) is 0 Å². The Balaban J connectivity index is 1.48. The van der Waals surface area contributed by atoms with Crippen LogP contribution in [0.15, 0.2) is 24.3 Å². The van der Waals surface area contributed by atoms with Gasteiger partial charge in [-0.15, -0.1) is 0 Å². The molecule has 0 saturated carbocycles. The highest BCUT2D eigenvalue weighted by Crippen LogP contribution is 2.27. The second kappa shape index (κ2) is 5.07. The van der Waals surface area contributed by atoms with Gasteiger partial charge in [0.1, 0.15) is 11.9 Å². The normalized spacial score (nSPS) is 24.4. The lowest BCUT2D eigenvalue weighted by Crippen LogP contribution is -2.40. The second-order valence-corrected chi connectivity index (χ2v) is 4.85. The Hall–Kier alpha value is -1.06. The number of para-hydroxylation sites is 1. The van der Waals surface area contributed by atoms with E-state index < -0.39 is 0 Å². The average molecular weight is 233 g/mol. The molecule has 0 amide bonds. The summed E-state index contributed by atoms with van der Waals surface area (Å²) < 4.78 is 11.3. The smallest absolute Gasteiger partial charge is 0.123 e. The van der Waals surface area contributed by atoms with Crippen molar-refractivity contribution in [3.63, 3.8) is 0 Å². The third kappa shape index (κ3) is 2.61. The summed E-state index contributed by atoms with van der Waals surface area (Å²) in [5.74, 6) is 1.06. The minimum absolute atomic E-state index is 0.301. The minimum Gasteiger partial charge on any atom is -0.488 e. The summed E-state index contributed by atoms with van der Waals surface area (Å²) in [6, 6.07) is 8.94. The lowest BCUT2D eigenvalue weighted by molar-refractivity contribution is 0.0748. The number of ether oxygens (including phenoxy) is 2. The van der Waals surface area contributed by atoms with E-state index in [1.54, 1.807) is 0 Å². The summed E-state index contributed by atoms with van der Waals surface area (Å²) in [6.45, 7) is 2.73. The molecule has 0 radical (unpaired) electrons. The Morgan fingerprint density at radius 2 is 2.00 bits per heavy atom. The van der Waals surface area contributed by atoms with Gasteiger partial charge in [-0.25, -0.2) is 0 Å². The Morgan fingerprint density at radius 3 is 2.82 bits per heavy atom. The average Bonchev–Trinajstić information content (AvgIpc) is 2.80. The fraction of sp³-hybridized carbons (Fsp3) is 0.571. The molecule has 2 heterocycles. The van der Waals surface area contributed by atoms with Gasteiger partial charge in [-0.3, -0.25) is 0 Å². The third-order valence-corrected chi connectivity index (χ3v) is 3.57. The highest BCUT2D eigenvalue weighted by Gasteiger charge is 2.23. The maximum absolute atomic E-state index is 5.90. The molecule has 3 nitrogen and oxygen atoms in total. The molecule has 17 heavy (non-hydrogen) atoms. The van der Waals surface area contributed by atoms with Crippen LogP contribution in [0.5, 0.6) is 5.75 Å². The first-order chi connectivity index (χ1) is 8.42. The van der Waals surface area contributed by atoms with Gasteiger partial charge in [0.25, 0.3) is 0 Å². The molecule has 0 aromatic heterocycles. The van der Waals surface area contributed by atoms with Gasteiger partial charge in [0.15, 0.2) is 0 Å². The largest absolute Gasteiger partial charge is 0.488 e. The van der Waals surface area contributed by atoms with Crippen LogP contribution in [0.1, 0.15) is 18.4 Å². The highest BCUT2D eigenvalue weighted by molar-refractivity contribution is 5.37. The Morgan fingerprint density at radius 1 is 1.18 bits per heavy atom. The van der Waals surface area contributed by atoms with Crippen LogP contribution >= 0.6 is 0 Å². The maximum Gasteiger partial charge on any atom is 0.123 e. The van der Waals surface area contributed by atoms with Crippen molar-refractivity contribution in [2.75, 3.05) is 19.8 Å². The quantitative estimate of drug-likeness (QED) is 0.863. The van der Waals surface area contributed by atoms with Crippen LogP contribution in [0.25, 0.3) is 0 Å². The third-order valence-electron chi connectivity index (χ3n) is 3.57. The zero-order valence-electron chi connectivity index (χ0n) is 10.0. The number of benzene rings is 1. The van der Waals surface area contributed by atoms with Gasteiger partial charge in [-0.2, -0.15) is 0 Å². The van der Waals surface area contributed by atoms with Gasteiger partial charge >= 0.3 is 0 Å². The summed E-state index contributed by atoms with van der Waals surface area (Å²) in [7, 11) is 0. The van der Waals surface area contributed by atoms with Gasteiger partial charge < -0.3 is 14.8 Å². The van der Waals surface area contributed by atoms with E-state index in [4.69, 9.17) is 9.47 Å². The van der Waals surface area contributed by atoms with E-state index in [9.17, 15) is 0 Å². The first-order valence-electron chi connectivity index (χ1n) is 6.47. The first-order valence-corrected chi connectivity index (χ1v) is 6.47. The number of hydrogen-bond acceptors (Lipinski definition) is 3. The molecule has 2 aliphatic rings. The van der Waals surface area contributed by atoms with Crippen LogP contribution in [0, 0.1) is 0 Å². The molecule has 3 heteroatoms. The van der Waals surface area contributed by atoms with Crippen molar-refractivity contribution < 1.29 is 9.47 Å². The molecule has 1 N–H and O–H groups in total. The van der Waals surface area contributed by atoms with Crippen LogP contribution in [-0.4, -0.2) is 31.9 Å². The maximum atomic E-state index is 5.90. The van der Waals surface area contributed by atoms with Crippen molar-refractivity contribution in [1.82, 2.24) is 5.32 Å². The predicted molar refractivity (Wildman–Crippen MR) is 66.4 cm³/mol. The molecule has 1 atom stereocenters. The molecule has 1 unspecified atom stereocenters. The van der Waals surface area contributed by atoms with E-state index in [1.807, 2.05) is 6.07 Å². The second-order valence-electron chi connectivity index (χ2n) is 4.85. The lowest BCUT2D eigenvalue weighted by atomic mass is 10.1. The molecule has 0 bridgehead atoms. The molecular formula is C14H19NO2. The molecule has 1 aromatic rings. The van der Waals surface area contributed by atoms with Gasteiger partial charge in [0.2, 0.25) is 0 Å². The van der Waals surface area contributed by atoms with Crippen molar-refractivity contribution in [1.29, 1.82) is 0 Å². The van der Waals surface area contributed by atoms with Gasteiger partial charge in [0.05, 0.1) is 0 Å². The number of hydrogen-bond donors (Lipinski definition) is 1. The Bertz CT molecular complexity index is 349. The monoisotopic (exact) mass is 233 g/mol. The van der Waals surface area contributed by atoms with Crippen molar-refractivity contribution >= 4 is 0 Å². The van der Waals surface area contributed by atoms with E-state index in [-0.39, 0.29) is 0 Å². The van der Waals surface area contributed by atoms with Crippen molar-refractivity contribution in [2.45, 2.75) is 31.4 Å². The molecular weight excluding hydrogens is 214 g/mol. The summed E-state index contributed by atoms with van der Waals surface area (Å²) in [6.07, 6.45) is 3.58. The van der Waals surface area contributed by atoms with Crippen LogP contribution in [0.2, 0.25) is 0 Å². The lowest BCUT2D eigenvalue weighted by Gasteiger charge is -2.24. The van der Waals surface area contributed by atoms with E-state index in [0.29, 0.717) is 12.1 Å².